The molecule has 0 aliphatic heterocycles. The van der Waals surface area contributed by atoms with Gasteiger partial charge in [-0.25, -0.2) is 0 Å². The van der Waals surface area contributed by atoms with E-state index in [1.165, 1.54) is 5.56 Å². The molecule has 37 heavy (non-hydrogen) atoms. The van der Waals surface area contributed by atoms with Crippen molar-refractivity contribution in [1.29, 1.82) is 0 Å². The van der Waals surface area contributed by atoms with Gasteiger partial charge >= 0.3 is 8.80 Å². The summed E-state index contributed by atoms with van der Waals surface area (Å²) in [6.45, 7) is 11.1. The van der Waals surface area contributed by atoms with E-state index in [2.05, 4.69) is 64.2 Å². The Morgan fingerprint density at radius 3 is 2.30 bits per heavy atom. The zero-order valence-corrected chi connectivity index (χ0v) is 23.7. The SMILES string of the molecule is CCO[Si](CCCn1cc(CCCCOc2ccc(CNCC3C=CC=C3)cc2)nn1)(OCC)OCC. The van der Waals surface area contributed by atoms with Crippen LogP contribution < -0.4 is 10.1 Å². The summed E-state index contributed by atoms with van der Waals surface area (Å²) in [7, 11) is -2.60. The fraction of sp³-hybridized carbons (Fsp3) is 0.571. The summed E-state index contributed by atoms with van der Waals surface area (Å²) < 4.78 is 25.6. The van der Waals surface area contributed by atoms with Crippen molar-refractivity contribution >= 4 is 8.80 Å². The number of hydrogen-bond donors (Lipinski definition) is 1. The highest BCUT2D eigenvalue weighted by Gasteiger charge is 2.39. The summed E-state index contributed by atoms with van der Waals surface area (Å²) >= 11 is 0. The fourth-order valence-electron chi connectivity index (χ4n) is 4.32. The molecule has 1 heterocycles. The molecule has 1 N–H and O–H groups in total. The van der Waals surface area contributed by atoms with Crippen molar-refractivity contribution in [2.45, 2.75) is 65.6 Å². The quantitative estimate of drug-likeness (QED) is 0.192. The first-order valence-electron chi connectivity index (χ1n) is 13.7. The molecule has 204 valence electrons. The first kappa shape index (κ1) is 29.3. The van der Waals surface area contributed by atoms with Crippen molar-refractivity contribution < 1.29 is 18.0 Å². The van der Waals surface area contributed by atoms with Gasteiger partial charge in [0.2, 0.25) is 0 Å². The number of rotatable bonds is 20. The third-order valence-corrected chi connectivity index (χ3v) is 9.26. The summed E-state index contributed by atoms with van der Waals surface area (Å²) in [6, 6.07) is 9.15. The van der Waals surface area contributed by atoms with Gasteiger partial charge in [0.25, 0.3) is 0 Å². The minimum absolute atomic E-state index is 0.515. The molecule has 1 aromatic carbocycles. The van der Waals surface area contributed by atoms with E-state index in [9.17, 15) is 0 Å². The lowest BCUT2D eigenvalue weighted by Gasteiger charge is -2.28. The first-order chi connectivity index (χ1) is 18.2. The number of nitrogens with zero attached hydrogens (tertiary/aromatic N) is 3. The number of aromatic nitrogens is 3. The molecule has 3 rings (SSSR count). The number of unbranched alkanes of at least 4 members (excludes halogenated alkanes) is 1. The summed E-state index contributed by atoms with van der Waals surface area (Å²) in [5, 5.41) is 12.1. The van der Waals surface area contributed by atoms with Crippen LogP contribution in [0.25, 0.3) is 0 Å². The van der Waals surface area contributed by atoms with E-state index in [4.69, 9.17) is 18.0 Å². The molecule has 2 aromatic rings. The summed E-state index contributed by atoms with van der Waals surface area (Å²) in [4.78, 5) is 0. The van der Waals surface area contributed by atoms with Crippen LogP contribution in [-0.2, 0) is 32.8 Å². The maximum Gasteiger partial charge on any atom is 0.500 e. The van der Waals surface area contributed by atoms with Crippen LogP contribution in [-0.4, -0.2) is 56.8 Å². The summed E-state index contributed by atoms with van der Waals surface area (Å²) in [5.41, 5.74) is 2.28. The molecule has 0 radical (unpaired) electrons. The Bertz CT molecular complexity index is 919. The Kier molecular flexibility index (Phi) is 13.1. The van der Waals surface area contributed by atoms with Gasteiger partial charge in [0, 0.05) is 57.6 Å². The predicted molar refractivity (Wildman–Crippen MR) is 148 cm³/mol. The lowest BCUT2D eigenvalue weighted by atomic mass is 10.1. The number of hydrogen-bond acceptors (Lipinski definition) is 7. The van der Waals surface area contributed by atoms with Crippen LogP contribution in [0.4, 0.5) is 0 Å². The van der Waals surface area contributed by atoms with Crippen molar-refractivity contribution in [2.24, 2.45) is 5.92 Å². The molecule has 0 bridgehead atoms. The Balaban J connectivity index is 1.28. The van der Waals surface area contributed by atoms with Crippen LogP contribution in [0.1, 0.15) is 51.3 Å². The van der Waals surface area contributed by atoms with E-state index in [1.807, 2.05) is 31.6 Å². The molecule has 8 nitrogen and oxygen atoms in total. The van der Waals surface area contributed by atoms with E-state index in [0.29, 0.717) is 32.3 Å². The molecule has 9 heteroatoms. The average molecular weight is 529 g/mol. The second kappa shape index (κ2) is 16.5. The maximum absolute atomic E-state index is 5.93. The standard InChI is InChI=1S/C28H44N4O4Si/c1-4-34-37(35-5-2,36-6-3)21-11-19-32-24-27(30-31-32)14-9-10-20-33-28-17-15-26(16-18-28)23-29-22-25-12-7-8-13-25/h7-8,12-13,15-18,24-25,29H,4-6,9-11,14,19-23H2,1-3H3. The highest BCUT2D eigenvalue weighted by atomic mass is 28.4. The Hall–Kier alpha value is -2.30. The van der Waals surface area contributed by atoms with E-state index in [1.54, 1.807) is 0 Å². The maximum atomic E-state index is 5.93. The largest absolute Gasteiger partial charge is 0.500 e. The number of aryl methyl sites for hydroxylation is 2. The zero-order valence-electron chi connectivity index (χ0n) is 22.7. The van der Waals surface area contributed by atoms with Gasteiger partial charge in [-0.2, -0.15) is 0 Å². The van der Waals surface area contributed by atoms with Crippen molar-refractivity contribution in [1.82, 2.24) is 20.3 Å². The fourth-order valence-corrected chi connectivity index (χ4v) is 6.91. The second-order valence-electron chi connectivity index (χ2n) is 9.07. The summed E-state index contributed by atoms with van der Waals surface area (Å²) in [5.74, 6) is 1.43. The minimum atomic E-state index is -2.60. The van der Waals surface area contributed by atoms with Gasteiger partial charge in [-0.15, -0.1) is 5.10 Å². The van der Waals surface area contributed by atoms with E-state index in [-0.39, 0.29) is 0 Å². The van der Waals surface area contributed by atoms with Crippen LogP contribution in [0.3, 0.4) is 0 Å². The van der Waals surface area contributed by atoms with Gasteiger partial charge in [0.05, 0.1) is 12.3 Å². The molecular weight excluding hydrogens is 484 g/mol. The van der Waals surface area contributed by atoms with Crippen LogP contribution in [0.15, 0.2) is 54.8 Å². The normalized spacial score (nSPS) is 13.6. The monoisotopic (exact) mass is 528 g/mol. The molecule has 0 fully saturated rings. The van der Waals surface area contributed by atoms with Gasteiger partial charge < -0.3 is 23.3 Å². The minimum Gasteiger partial charge on any atom is -0.494 e. The van der Waals surface area contributed by atoms with E-state index in [0.717, 1.165) is 62.8 Å². The number of nitrogens with one attached hydrogen (secondary N) is 1. The van der Waals surface area contributed by atoms with Gasteiger partial charge in [0.1, 0.15) is 5.75 Å². The highest BCUT2D eigenvalue weighted by Crippen LogP contribution is 2.19. The lowest BCUT2D eigenvalue weighted by molar-refractivity contribution is 0.0704. The number of benzene rings is 1. The molecule has 0 atom stereocenters. The highest BCUT2D eigenvalue weighted by molar-refractivity contribution is 6.60. The van der Waals surface area contributed by atoms with Crippen LogP contribution >= 0.6 is 0 Å². The first-order valence-corrected chi connectivity index (χ1v) is 15.7. The molecule has 0 amide bonds. The molecule has 1 aliphatic rings. The Morgan fingerprint density at radius 2 is 1.62 bits per heavy atom. The molecule has 1 aromatic heterocycles. The molecule has 1 aliphatic carbocycles. The van der Waals surface area contributed by atoms with Crippen molar-refractivity contribution in [3.63, 3.8) is 0 Å². The third-order valence-electron chi connectivity index (χ3n) is 6.11. The van der Waals surface area contributed by atoms with E-state index >= 15 is 0 Å². The molecular formula is C28H44N4O4Si. The van der Waals surface area contributed by atoms with Gasteiger partial charge in [-0.1, -0.05) is 41.7 Å². The van der Waals surface area contributed by atoms with Gasteiger partial charge in [-0.05, 0) is 64.2 Å². The second-order valence-corrected chi connectivity index (χ2v) is 11.8. The van der Waals surface area contributed by atoms with Gasteiger partial charge in [0.15, 0.2) is 0 Å². The molecule has 0 saturated heterocycles. The number of ether oxygens (including phenoxy) is 1. The summed E-state index contributed by atoms with van der Waals surface area (Å²) in [6.07, 6.45) is 14.5. The number of allylic oxidation sites excluding steroid dienone is 2. The van der Waals surface area contributed by atoms with Crippen LogP contribution in [0.5, 0.6) is 5.75 Å². The average Bonchev–Trinajstić information content (AvgIpc) is 3.58. The van der Waals surface area contributed by atoms with E-state index < -0.39 is 8.80 Å². The smallest absolute Gasteiger partial charge is 0.494 e. The predicted octanol–water partition coefficient (Wildman–Crippen LogP) is 4.95. The Morgan fingerprint density at radius 1 is 0.919 bits per heavy atom. The van der Waals surface area contributed by atoms with Crippen molar-refractivity contribution in [2.75, 3.05) is 33.0 Å². The molecule has 0 spiro atoms. The zero-order chi connectivity index (χ0) is 26.2. The van der Waals surface area contributed by atoms with Crippen LogP contribution in [0, 0.1) is 5.92 Å². The van der Waals surface area contributed by atoms with Crippen molar-refractivity contribution in [3.05, 3.63) is 66.0 Å². The topological polar surface area (TPSA) is 79.7 Å². The van der Waals surface area contributed by atoms with Gasteiger partial charge in [-0.3, -0.25) is 4.68 Å². The van der Waals surface area contributed by atoms with Crippen LogP contribution in [0.2, 0.25) is 6.04 Å². The molecule has 0 unspecified atom stereocenters. The molecule has 0 saturated carbocycles. The Labute approximate surface area is 223 Å². The van der Waals surface area contributed by atoms with Crippen molar-refractivity contribution in [3.8, 4) is 5.75 Å². The third kappa shape index (κ3) is 10.5. The lowest BCUT2D eigenvalue weighted by Crippen LogP contribution is -2.46.